The maximum absolute atomic E-state index is 12.4. The Bertz CT molecular complexity index is 1060. The molecule has 1 saturated heterocycles. The number of anilines is 2. The summed E-state index contributed by atoms with van der Waals surface area (Å²) in [5, 5.41) is 3.36. The predicted molar refractivity (Wildman–Crippen MR) is 112 cm³/mol. The second-order valence-corrected chi connectivity index (χ2v) is 9.27. The molecule has 0 bridgehead atoms. The molecule has 3 aliphatic rings. The quantitative estimate of drug-likeness (QED) is 0.751. The van der Waals surface area contributed by atoms with E-state index in [9.17, 15) is 9.00 Å². The number of carbonyl (C=O) groups is 1. The van der Waals surface area contributed by atoms with Crippen molar-refractivity contribution in [3.63, 3.8) is 0 Å². The molecule has 1 atom stereocenters. The van der Waals surface area contributed by atoms with Gasteiger partial charge in [-0.1, -0.05) is 17.7 Å². The Balaban J connectivity index is 1.39. The van der Waals surface area contributed by atoms with Crippen molar-refractivity contribution in [2.24, 2.45) is 5.92 Å². The summed E-state index contributed by atoms with van der Waals surface area (Å²) in [6.45, 7) is 2.08. The molecule has 0 saturated carbocycles. The molecule has 5 heterocycles. The molecule has 0 aromatic carbocycles. The van der Waals surface area contributed by atoms with Crippen LogP contribution in [0.1, 0.15) is 17.9 Å². The number of hydrogen-bond acceptors (Lipinski definition) is 8. The Hall–Kier alpha value is -2.43. The molecule has 1 N–H and O–H groups in total. The van der Waals surface area contributed by atoms with E-state index >= 15 is 0 Å². The lowest BCUT2D eigenvalue weighted by atomic mass is 10.1. The highest BCUT2D eigenvalue weighted by molar-refractivity contribution is 7.85. The van der Waals surface area contributed by atoms with Crippen LogP contribution in [0.2, 0.25) is 5.02 Å². The highest BCUT2D eigenvalue weighted by atomic mass is 35.5. The molecular formula is C19H19ClN6O3S. The zero-order chi connectivity index (χ0) is 20.7. The van der Waals surface area contributed by atoms with Gasteiger partial charge in [0, 0.05) is 37.7 Å². The van der Waals surface area contributed by atoms with E-state index in [0.717, 1.165) is 17.7 Å². The molecule has 2 aromatic rings. The van der Waals surface area contributed by atoms with Gasteiger partial charge in [0.1, 0.15) is 4.90 Å². The maximum atomic E-state index is 12.4. The molecule has 1 fully saturated rings. The van der Waals surface area contributed by atoms with Crippen LogP contribution in [-0.4, -0.2) is 62.1 Å². The number of nitrogens with one attached hydrogen (secondary N) is 1. The third kappa shape index (κ3) is 3.70. The van der Waals surface area contributed by atoms with Crippen molar-refractivity contribution in [1.29, 1.82) is 0 Å². The van der Waals surface area contributed by atoms with Gasteiger partial charge in [0.05, 0.1) is 40.6 Å². The molecule has 0 unspecified atom stereocenters. The summed E-state index contributed by atoms with van der Waals surface area (Å²) >= 11 is 5.87. The standard InChI is InChI=1S/C19H19ClN6O3S/c20-13-7-21-16(22-8-13)11-1-4-26(5-2-11)19-23-14-3-6-30(28)15(14)17(25-19)24-18(27)12-9-29-10-12/h1,7-8,12H,2-6,9-10H2,(H,23,24,25,27)/t30-/m0/s1. The SMILES string of the molecule is O=C(Nc1nc(N2CC=C(c3ncc(Cl)cn3)CC2)nc2c1[S@@](=O)CC2)C1COC1. The van der Waals surface area contributed by atoms with Gasteiger partial charge in [0.25, 0.3) is 0 Å². The van der Waals surface area contributed by atoms with Crippen LogP contribution in [0.25, 0.3) is 5.57 Å². The second-order valence-electron chi connectivity index (χ2n) is 7.32. The van der Waals surface area contributed by atoms with Crippen molar-refractivity contribution in [2.45, 2.75) is 17.7 Å². The number of rotatable bonds is 4. The summed E-state index contributed by atoms with van der Waals surface area (Å²) in [5.41, 5.74) is 1.79. The minimum Gasteiger partial charge on any atom is -0.380 e. The summed E-state index contributed by atoms with van der Waals surface area (Å²) in [5.74, 6) is 1.71. The smallest absolute Gasteiger partial charge is 0.233 e. The molecule has 2 aromatic heterocycles. The van der Waals surface area contributed by atoms with Gasteiger partial charge in [-0.15, -0.1) is 0 Å². The molecule has 156 valence electrons. The zero-order valence-corrected chi connectivity index (χ0v) is 17.6. The number of nitrogens with zero attached hydrogens (tertiary/aromatic N) is 5. The van der Waals surface area contributed by atoms with Gasteiger partial charge in [-0.3, -0.25) is 9.00 Å². The number of ether oxygens (including phenoxy) is 1. The zero-order valence-electron chi connectivity index (χ0n) is 16.0. The van der Waals surface area contributed by atoms with Gasteiger partial charge < -0.3 is 15.0 Å². The minimum absolute atomic E-state index is 0.155. The molecule has 0 spiro atoms. The van der Waals surface area contributed by atoms with Gasteiger partial charge in [0.2, 0.25) is 11.9 Å². The largest absolute Gasteiger partial charge is 0.380 e. The summed E-state index contributed by atoms with van der Waals surface area (Å²) in [4.78, 5) is 32.8. The van der Waals surface area contributed by atoms with E-state index in [-0.39, 0.29) is 11.8 Å². The van der Waals surface area contributed by atoms with Crippen molar-refractivity contribution in [3.8, 4) is 0 Å². The van der Waals surface area contributed by atoms with E-state index in [1.165, 1.54) is 0 Å². The monoisotopic (exact) mass is 446 g/mol. The van der Waals surface area contributed by atoms with Crippen molar-refractivity contribution < 1.29 is 13.7 Å². The molecule has 30 heavy (non-hydrogen) atoms. The number of amides is 1. The van der Waals surface area contributed by atoms with Crippen molar-refractivity contribution in [3.05, 3.63) is 35.0 Å². The molecule has 0 radical (unpaired) electrons. The first kappa shape index (κ1) is 19.5. The Morgan fingerprint density at radius 3 is 2.70 bits per heavy atom. The van der Waals surface area contributed by atoms with Crippen molar-refractivity contribution in [2.75, 3.05) is 42.3 Å². The van der Waals surface area contributed by atoms with Crippen LogP contribution in [-0.2, 0) is 26.8 Å². The molecule has 1 amide bonds. The van der Waals surface area contributed by atoms with Gasteiger partial charge >= 0.3 is 0 Å². The Labute approximate surface area is 180 Å². The average molecular weight is 447 g/mol. The molecular weight excluding hydrogens is 428 g/mol. The number of aryl methyl sites for hydroxylation is 1. The Morgan fingerprint density at radius 2 is 2.03 bits per heavy atom. The lowest BCUT2D eigenvalue weighted by Gasteiger charge is -2.27. The van der Waals surface area contributed by atoms with Gasteiger partial charge in [-0.25, -0.2) is 15.0 Å². The van der Waals surface area contributed by atoms with Crippen LogP contribution in [0.4, 0.5) is 11.8 Å². The van der Waals surface area contributed by atoms with E-state index in [1.807, 2.05) is 11.0 Å². The molecule has 9 nitrogen and oxygen atoms in total. The lowest BCUT2D eigenvalue weighted by Crippen LogP contribution is -2.39. The third-order valence-corrected chi connectivity index (χ3v) is 6.98. The summed E-state index contributed by atoms with van der Waals surface area (Å²) in [6, 6.07) is 0. The Morgan fingerprint density at radius 1 is 1.23 bits per heavy atom. The number of halogens is 1. The fourth-order valence-electron chi connectivity index (χ4n) is 3.55. The van der Waals surface area contributed by atoms with Gasteiger partial charge in [-0.05, 0) is 12.0 Å². The fraction of sp³-hybridized carbons (Fsp3) is 0.421. The maximum Gasteiger partial charge on any atom is 0.233 e. The first-order valence-corrected chi connectivity index (χ1v) is 11.4. The van der Waals surface area contributed by atoms with Crippen LogP contribution >= 0.6 is 11.6 Å². The third-order valence-electron chi connectivity index (χ3n) is 5.33. The number of carbonyl (C=O) groups excluding carboxylic acids is 1. The van der Waals surface area contributed by atoms with Crippen LogP contribution < -0.4 is 10.2 Å². The molecule has 11 heteroatoms. The number of hydrogen-bond donors (Lipinski definition) is 1. The normalized spacial score (nSPS) is 21.0. The topological polar surface area (TPSA) is 110 Å². The highest BCUT2D eigenvalue weighted by Gasteiger charge is 2.32. The first-order chi connectivity index (χ1) is 14.6. The fourth-order valence-corrected chi connectivity index (χ4v) is 4.95. The van der Waals surface area contributed by atoms with E-state index in [0.29, 0.717) is 66.0 Å². The van der Waals surface area contributed by atoms with Crippen molar-refractivity contribution in [1.82, 2.24) is 19.9 Å². The highest BCUT2D eigenvalue weighted by Crippen LogP contribution is 2.31. The minimum atomic E-state index is -1.20. The summed E-state index contributed by atoms with van der Waals surface area (Å²) in [7, 11) is -1.20. The number of aromatic nitrogens is 4. The molecule has 0 aliphatic carbocycles. The van der Waals surface area contributed by atoms with Crippen LogP contribution in [0.15, 0.2) is 23.4 Å². The van der Waals surface area contributed by atoms with E-state index in [2.05, 4.69) is 25.3 Å². The number of fused-ring (bicyclic) bond motifs is 1. The second kappa shape index (κ2) is 8.01. The Kier molecular flexibility index (Phi) is 5.21. The van der Waals surface area contributed by atoms with Crippen LogP contribution in [0.3, 0.4) is 0 Å². The first-order valence-electron chi connectivity index (χ1n) is 9.68. The molecule has 5 rings (SSSR count). The van der Waals surface area contributed by atoms with Gasteiger partial charge in [0.15, 0.2) is 11.6 Å². The predicted octanol–water partition coefficient (Wildman–Crippen LogP) is 1.46. The average Bonchev–Trinajstić information content (AvgIpc) is 3.08. The van der Waals surface area contributed by atoms with E-state index in [4.69, 9.17) is 16.3 Å². The van der Waals surface area contributed by atoms with E-state index < -0.39 is 10.8 Å². The summed E-state index contributed by atoms with van der Waals surface area (Å²) < 4.78 is 17.5. The van der Waals surface area contributed by atoms with Crippen molar-refractivity contribution >= 4 is 45.6 Å². The van der Waals surface area contributed by atoms with Crippen LogP contribution in [0.5, 0.6) is 0 Å². The summed E-state index contributed by atoms with van der Waals surface area (Å²) in [6.07, 6.45) is 6.56. The van der Waals surface area contributed by atoms with E-state index in [1.54, 1.807) is 12.4 Å². The van der Waals surface area contributed by atoms with Gasteiger partial charge in [-0.2, -0.15) is 4.98 Å². The molecule has 3 aliphatic heterocycles. The van der Waals surface area contributed by atoms with Crippen LogP contribution in [0, 0.1) is 5.92 Å². The lowest BCUT2D eigenvalue weighted by molar-refractivity contribution is -0.133.